The average molecular weight is 226 g/mol. The fraction of sp³-hybridized carbons (Fsp3) is 0.545. The van der Waals surface area contributed by atoms with Crippen LogP contribution >= 0.6 is 0 Å². The molecular formula is C11H18SiTi. The predicted octanol–water partition coefficient (Wildman–Crippen LogP) is 2.01. The average Bonchev–Trinajstić information content (AvgIpc) is 2.53. The third kappa shape index (κ3) is 3.23. The van der Waals surface area contributed by atoms with Crippen LogP contribution in [0.1, 0.15) is 32.6 Å². The Morgan fingerprint density at radius 2 is 2.00 bits per heavy atom. The molecule has 0 radical (unpaired) electrons. The number of allylic oxidation sites excluding steroid dienone is 4. The zero-order chi connectivity index (χ0) is 8.97. The second-order valence-electron chi connectivity index (χ2n) is 3.29. The van der Waals surface area contributed by atoms with Crippen molar-refractivity contribution in [2.75, 3.05) is 0 Å². The van der Waals surface area contributed by atoms with Crippen LogP contribution in [0, 0.1) is 18.5 Å². The molecule has 1 unspecified atom stereocenters. The van der Waals surface area contributed by atoms with Crippen LogP contribution in [0.4, 0.5) is 0 Å². The molecular weight excluding hydrogens is 208 g/mol. The Balaban J connectivity index is 0.000000451. The van der Waals surface area contributed by atoms with Gasteiger partial charge >= 0.3 is 21.7 Å². The van der Waals surface area contributed by atoms with Crippen LogP contribution in [0.3, 0.4) is 0 Å². The first-order valence-electron chi connectivity index (χ1n) is 4.90. The van der Waals surface area contributed by atoms with Crippen LogP contribution < -0.4 is 0 Å². The van der Waals surface area contributed by atoms with E-state index in [2.05, 4.69) is 25.6 Å². The van der Waals surface area contributed by atoms with E-state index in [-0.39, 0.29) is 21.7 Å². The van der Waals surface area contributed by atoms with Crippen LogP contribution in [0.15, 0.2) is 17.2 Å². The molecule has 0 amide bonds. The van der Waals surface area contributed by atoms with Crippen molar-refractivity contribution >= 4 is 10.2 Å². The van der Waals surface area contributed by atoms with E-state index < -0.39 is 0 Å². The zero-order valence-electron chi connectivity index (χ0n) is 8.69. The minimum absolute atomic E-state index is 0. The van der Waals surface area contributed by atoms with Crippen molar-refractivity contribution in [3.63, 3.8) is 0 Å². The molecule has 2 rings (SSSR count). The first kappa shape index (κ1) is 13.4. The fourth-order valence-electron chi connectivity index (χ4n) is 1.94. The molecule has 70 valence electrons. The molecule has 0 fully saturated rings. The first-order chi connectivity index (χ1) is 5.88. The van der Waals surface area contributed by atoms with Gasteiger partial charge in [0.2, 0.25) is 0 Å². The Bertz CT molecular complexity index is 206. The SMILES string of the molecule is CC1[C-]=CC2=C1CCCC2.[CH2-][SiH3].[Ti+2]. The van der Waals surface area contributed by atoms with E-state index in [4.69, 9.17) is 0 Å². The molecule has 0 heterocycles. The Labute approximate surface area is 100 Å². The number of hydrogen-bond donors (Lipinski definition) is 0. The molecule has 2 aliphatic rings. The topological polar surface area (TPSA) is 0 Å². The molecule has 0 saturated carbocycles. The Morgan fingerprint density at radius 1 is 1.38 bits per heavy atom. The van der Waals surface area contributed by atoms with E-state index in [9.17, 15) is 0 Å². The van der Waals surface area contributed by atoms with Gasteiger partial charge in [-0.2, -0.15) is 11.1 Å². The Kier molecular flexibility index (Phi) is 7.02. The van der Waals surface area contributed by atoms with Crippen LogP contribution in [-0.2, 0) is 21.7 Å². The monoisotopic (exact) mass is 226 g/mol. The fourth-order valence-corrected chi connectivity index (χ4v) is 1.94. The molecule has 0 N–H and O–H groups in total. The zero-order valence-corrected chi connectivity index (χ0v) is 12.3. The van der Waals surface area contributed by atoms with E-state index in [1.807, 2.05) is 0 Å². The maximum absolute atomic E-state index is 3.39. The van der Waals surface area contributed by atoms with E-state index in [1.54, 1.807) is 11.1 Å². The summed E-state index contributed by atoms with van der Waals surface area (Å²) in [7, 11) is 1.06. The van der Waals surface area contributed by atoms with E-state index in [1.165, 1.54) is 25.7 Å². The molecule has 2 heteroatoms. The van der Waals surface area contributed by atoms with Crippen molar-refractivity contribution in [2.45, 2.75) is 32.6 Å². The summed E-state index contributed by atoms with van der Waals surface area (Å²) in [6.07, 6.45) is 11.0. The molecule has 0 aliphatic heterocycles. The normalized spacial score (nSPS) is 24.6. The standard InChI is InChI=1S/C10H13.CH5Si.Ti/c1-8-6-7-9-4-2-3-5-10(8)9;1-2;/h7-8H,2-5H2,1H3;1H2,2H3;/q2*-1;+2. The Morgan fingerprint density at radius 3 is 2.62 bits per heavy atom. The van der Waals surface area contributed by atoms with Gasteiger partial charge in [-0.15, -0.1) is 10.2 Å². The van der Waals surface area contributed by atoms with Crippen molar-refractivity contribution in [1.82, 2.24) is 0 Å². The summed E-state index contributed by atoms with van der Waals surface area (Å²) < 4.78 is 0. The van der Waals surface area contributed by atoms with Crippen LogP contribution in [0.5, 0.6) is 0 Å². The molecule has 0 saturated heterocycles. The van der Waals surface area contributed by atoms with Gasteiger partial charge in [-0.3, -0.25) is 6.08 Å². The summed E-state index contributed by atoms with van der Waals surface area (Å²) in [4.78, 5) is 0. The summed E-state index contributed by atoms with van der Waals surface area (Å²) in [5, 5.41) is 0. The smallest absolute Gasteiger partial charge is 0.351 e. The van der Waals surface area contributed by atoms with E-state index >= 15 is 0 Å². The molecule has 0 spiro atoms. The molecule has 0 aromatic heterocycles. The number of rotatable bonds is 0. The van der Waals surface area contributed by atoms with E-state index in [0.29, 0.717) is 5.92 Å². The van der Waals surface area contributed by atoms with Gasteiger partial charge in [-0.05, 0) is 6.42 Å². The van der Waals surface area contributed by atoms with Crippen LogP contribution in [0.2, 0.25) is 0 Å². The number of hydrogen-bond acceptors (Lipinski definition) is 0. The molecule has 13 heavy (non-hydrogen) atoms. The molecule has 1 atom stereocenters. The van der Waals surface area contributed by atoms with Gasteiger partial charge in [0.25, 0.3) is 0 Å². The maximum atomic E-state index is 3.39. The Hall–Kier alpha value is 0.411. The predicted molar refractivity (Wildman–Crippen MR) is 57.8 cm³/mol. The van der Waals surface area contributed by atoms with Gasteiger partial charge < -0.3 is 6.55 Å². The summed E-state index contributed by atoms with van der Waals surface area (Å²) in [5.74, 6) is 0.635. The van der Waals surface area contributed by atoms with Crippen molar-refractivity contribution < 1.29 is 21.7 Å². The van der Waals surface area contributed by atoms with Crippen molar-refractivity contribution in [3.8, 4) is 0 Å². The van der Waals surface area contributed by atoms with Gasteiger partial charge in [0.1, 0.15) is 0 Å². The van der Waals surface area contributed by atoms with Crippen LogP contribution in [-0.4, -0.2) is 10.2 Å². The largest absolute Gasteiger partial charge is 2.00 e. The molecule has 0 aromatic rings. The molecule has 2 aliphatic carbocycles. The third-order valence-corrected chi connectivity index (χ3v) is 2.58. The van der Waals surface area contributed by atoms with E-state index in [0.717, 1.165) is 10.2 Å². The second-order valence-corrected chi connectivity index (χ2v) is 3.29. The van der Waals surface area contributed by atoms with Crippen molar-refractivity contribution in [1.29, 1.82) is 0 Å². The third-order valence-electron chi connectivity index (χ3n) is 2.58. The van der Waals surface area contributed by atoms with Crippen molar-refractivity contribution in [2.24, 2.45) is 5.92 Å². The van der Waals surface area contributed by atoms with Gasteiger partial charge in [0.15, 0.2) is 0 Å². The van der Waals surface area contributed by atoms with Gasteiger partial charge in [-0.25, -0.2) is 6.08 Å². The van der Waals surface area contributed by atoms with Gasteiger partial charge in [0.05, 0.1) is 0 Å². The van der Waals surface area contributed by atoms with Gasteiger partial charge in [0, 0.05) is 0 Å². The maximum Gasteiger partial charge on any atom is 2.00 e. The summed E-state index contributed by atoms with van der Waals surface area (Å²) in [5.41, 5.74) is 3.27. The van der Waals surface area contributed by atoms with Crippen LogP contribution in [0.25, 0.3) is 0 Å². The first-order valence-corrected chi connectivity index (χ1v) is 6.31. The molecule has 0 nitrogen and oxygen atoms in total. The minimum Gasteiger partial charge on any atom is -0.351 e. The molecule has 0 aromatic carbocycles. The minimum atomic E-state index is 0. The summed E-state index contributed by atoms with van der Waals surface area (Å²) in [6.45, 7) is 5.64. The quantitative estimate of drug-likeness (QED) is 0.438. The van der Waals surface area contributed by atoms with Crippen molar-refractivity contribution in [3.05, 3.63) is 29.8 Å². The summed E-state index contributed by atoms with van der Waals surface area (Å²) in [6, 6.07) is 0. The second kappa shape index (κ2) is 6.80. The summed E-state index contributed by atoms with van der Waals surface area (Å²) >= 11 is 0. The van der Waals surface area contributed by atoms with Gasteiger partial charge in [-0.1, -0.05) is 32.1 Å². The molecule has 0 bridgehead atoms.